The predicted molar refractivity (Wildman–Crippen MR) is 117 cm³/mol. The number of para-hydroxylation sites is 1. The summed E-state index contributed by atoms with van der Waals surface area (Å²) in [7, 11) is 0. The Morgan fingerprint density at radius 2 is 1.93 bits per heavy atom. The van der Waals surface area contributed by atoms with Crippen LogP contribution in [0.4, 0.5) is 0 Å². The van der Waals surface area contributed by atoms with E-state index in [1.165, 1.54) is 16.9 Å². The van der Waals surface area contributed by atoms with Gasteiger partial charge in [0.25, 0.3) is 0 Å². The van der Waals surface area contributed by atoms with E-state index in [0.717, 1.165) is 34.0 Å². The highest BCUT2D eigenvalue weighted by Gasteiger charge is 2.11. The van der Waals surface area contributed by atoms with Crippen molar-refractivity contribution in [3.05, 3.63) is 70.0 Å². The molecule has 28 heavy (non-hydrogen) atoms. The smallest absolute Gasteiger partial charge is 0.134 e. The van der Waals surface area contributed by atoms with Gasteiger partial charge in [0.1, 0.15) is 16.8 Å². The molecule has 0 bridgehead atoms. The SMILES string of the molecule is CCOc1ccccc1/C=C(\C#N)c1nc(-c2ccc(CC(C)C)cc2)cs1. The van der Waals surface area contributed by atoms with Crippen molar-refractivity contribution in [1.82, 2.24) is 4.98 Å². The molecule has 0 spiro atoms. The van der Waals surface area contributed by atoms with Crippen molar-refractivity contribution in [3.8, 4) is 23.1 Å². The van der Waals surface area contributed by atoms with E-state index in [0.29, 0.717) is 18.1 Å². The van der Waals surface area contributed by atoms with Crippen LogP contribution in [0.3, 0.4) is 0 Å². The van der Waals surface area contributed by atoms with Gasteiger partial charge in [-0.2, -0.15) is 5.26 Å². The fraction of sp³-hybridized carbons (Fsp3) is 0.250. The van der Waals surface area contributed by atoms with E-state index < -0.39 is 0 Å². The average molecular weight is 389 g/mol. The lowest BCUT2D eigenvalue weighted by molar-refractivity contribution is 0.339. The molecule has 142 valence electrons. The van der Waals surface area contributed by atoms with Crippen LogP contribution >= 0.6 is 11.3 Å². The Hall–Kier alpha value is -2.90. The lowest BCUT2D eigenvalue weighted by Gasteiger charge is -2.06. The summed E-state index contributed by atoms with van der Waals surface area (Å²) in [6.07, 6.45) is 2.92. The number of thiazole rings is 1. The van der Waals surface area contributed by atoms with E-state index in [-0.39, 0.29) is 0 Å². The molecule has 0 radical (unpaired) electrons. The van der Waals surface area contributed by atoms with Crippen molar-refractivity contribution in [3.63, 3.8) is 0 Å². The molecule has 0 aliphatic carbocycles. The minimum absolute atomic E-state index is 0.542. The first-order valence-corrected chi connectivity index (χ1v) is 10.4. The molecule has 3 nitrogen and oxygen atoms in total. The fourth-order valence-corrected chi connectivity index (χ4v) is 3.79. The number of hydrogen-bond donors (Lipinski definition) is 0. The molecule has 0 aliphatic rings. The Morgan fingerprint density at radius 3 is 2.61 bits per heavy atom. The number of nitrogens with zero attached hydrogens (tertiary/aromatic N) is 2. The monoisotopic (exact) mass is 388 g/mol. The number of aromatic nitrogens is 1. The molecule has 0 aliphatic heterocycles. The third-order valence-corrected chi connectivity index (χ3v) is 5.14. The molecule has 1 aromatic heterocycles. The third kappa shape index (κ3) is 4.88. The summed E-state index contributed by atoms with van der Waals surface area (Å²) in [5.41, 5.74) is 4.73. The van der Waals surface area contributed by atoms with Crippen LogP contribution in [0.15, 0.2) is 53.9 Å². The number of benzene rings is 2. The maximum Gasteiger partial charge on any atom is 0.134 e. The van der Waals surface area contributed by atoms with Crippen molar-refractivity contribution < 1.29 is 4.74 Å². The second-order valence-electron chi connectivity index (χ2n) is 6.97. The van der Waals surface area contributed by atoms with Gasteiger partial charge in [0.15, 0.2) is 0 Å². The zero-order valence-electron chi connectivity index (χ0n) is 16.5. The van der Waals surface area contributed by atoms with Gasteiger partial charge in [-0.05, 0) is 37.0 Å². The largest absolute Gasteiger partial charge is 0.493 e. The second kappa shape index (κ2) is 9.34. The Morgan fingerprint density at radius 1 is 1.18 bits per heavy atom. The van der Waals surface area contributed by atoms with Crippen LogP contribution in [0, 0.1) is 17.2 Å². The maximum absolute atomic E-state index is 9.67. The van der Waals surface area contributed by atoms with E-state index in [1.54, 1.807) is 0 Å². The summed E-state index contributed by atoms with van der Waals surface area (Å²) in [6.45, 7) is 6.98. The lowest BCUT2D eigenvalue weighted by Crippen LogP contribution is -1.94. The van der Waals surface area contributed by atoms with Gasteiger partial charge < -0.3 is 4.74 Å². The van der Waals surface area contributed by atoms with E-state index >= 15 is 0 Å². The minimum Gasteiger partial charge on any atom is -0.493 e. The van der Waals surface area contributed by atoms with Crippen molar-refractivity contribution >= 4 is 23.0 Å². The molecule has 2 aromatic carbocycles. The van der Waals surface area contributed by atoms with Crippen LogP contribution < -0.4 is 4.74 Å². The molecule has 0 amide bonds. The topological polar surface area (TPSA) is 45.9 Å². The molecule has 3 aromatic rings. The number of nitriles is 1. The predicted octanol–water partition coefficient (Wildman–Crippen LogP) is 6.47. The highest BCUT2D eigenvalue weighted by Crippen LogP contribution is 2.29. The molecule has 1 heterocycles. The Bertz CT molecular complexity index is 994. The highest BCUT2D eigenvalue weighted by molar-refractivity contribution is 7.11. The first-order chi connectivity index (χ1) is 13.6. The molecule has 3 rings (SSSR count). The van der Waals surface area contributed by atoms with Gasteiger partial charge in [0, 0.05) is 16.5 Å². The summed E-state index contributed by atoms with van der Waals surface area (Å²) in [4.78, 5) is 4.70. The second-order valence-corrected chi connectivity index (χ2v) is 7.83. The summed E-state index contributed by atoms with van der Waals surface area (Å²) >= 11 is 1.49. The molecule has 4 heteroatoms. The Kier molecular flexibility index (Phi) is 6.62. The molecule has 0 saturated heterocycles. The maximum atomic E-state index is 9.67. The van der Waals surface area contributed by atoms with Gasteiger partial charge >= 0.3 is 0 Å². The molecular weight excluding hydrogens is 364 g/mol. The van der Waals surface area contributed by atoms with E-state index in [4.69, 9.17) is 9.72 Å². The quantitative estimate of drug-likeness (QED) is 0.436. The normalized spacial score (nSPS) is 11.5. The summed E-state index contributed by atoms with van der Waals surface area (Å²) in [5.74, 6) is 1.41. The van der Waals surface area contributed by atoms with Crippen molar-refractivity contribution in [2.75, 3.05) is 6.61 Å². The van der Waals surface area contributed by atoms with E-state index in [1.807, 2.05) is 42.6 Å². The van der Waals surface area contributed by atoms with Gasteiger partial charge in [0.05, 0.1) is 17.9 Å². The van der Waals surface area contributed by atoms with Crippen LogP contribution in [-0.2, 0) is 6.42 Å². The summed E-state index contributed by atoms with van der Waals surface area (Å²) < 4.78 is 5.66. The van der Waals surface area contributed by atoms with Crippen LogP contribution in [0.1, 0.15) is 36.9 Å². The van der Waals surface area contributed by atoms with Gasteiger partial charge in [-0.15, -0.1) is 11.3 Å². The summed E-state index contributed by atoms with van der Waals surface area (Å²) in [5, 5.41) is 12.4. The standard InChI is InChI=1S/C24H24N2OS/c1-4-27-23-8-6-5-7-20(23)14-21(15-25)24-26-22(16-28-24)19-11-9-18(10-12-19)13-17(2)3/h5-12,14,16-17H,4,13H2,1-3H3/b21-14+. The fourth-order valence-electron chi connectivity index (χ4n) is 3.00. The number of hydrogen-bond acceptors (Lipinski definition) is 4. The zero-order valence-corrected chi connectivity index (χ0v) is 17.3. The number of ether oxygens (including phenoxy) is 1. The van der Waals surface area contributed by atoms with Gasteiger partial charge in [-0.3, -0.25) is 0 Å². The van der Waals surface area contributed by atoms with E-state index in [2.05, 4.69) is 44.2 Å². The Balaban J connectivity index is 1.87. The highest BCUT2D eigenvalue weighted by atomic mass is 32.1. The third-order valence-electron chi connectivity index (χ3n) is 4.27. The molecule has 0 fully saturated rings. The molecular formula is C24H24N2OS. The molecule has 0 saturated carbocycles. The molecule has 0 N–H and O–H groups in total. The van der Waals surface area contributed by atoms with Crippen LogP contribution in [0.25, 0.3) is 22.9 Å². The van der Waals surface area contributed by atoms with Crippen molar-refractivity contribution in [1.29, 1.82) is 5.26 Å². The van der Waals surface area contributed by atoms with Gasteiger partial charge in [-0.1, -0.05) is 56.3 Å². The van der Waals surface area contributed by atoms with Gasteiger partial charge in [-0.25, -0.2) is 4.98 Å². The molecule has 0 atom stereocenters. The lowest BCUT2D eigenvalue weighted by atomic mass is 10.0. The molecule has 0 unspecified atom stereocenters. The van der Waals surface area contributed by atoms with Crippen LogP contribution in [0.5, 0.6) is 5.75 Å². The number of rotatable bonds is 7. The Labute approximate surface area is 171 Å². The first-order valence-electron chi connectivity index (χ1n) is 9.49. The summed E-state index contributed by atoms with van der Waals surface area (Å²) in [6, 6.07) is 18.6. The van der Waals surface area contributed by atoms with Crippen molar-refractivity contribution in [2.45, 2.75) is 27.2 Å². The van der Waals surface area contributed by atoms with Gasteiger partial charge in [0.2, 0.25) is 0 Å². The number of allylic oxidation sites excluding steroid dienone is 1. The van der Waals surface area contributed by atoms with E-state index in [9.17, 15) is 5.26 Å². The first kappa shape index (κ1) is 19.9. The van der Waals surface area contributed by atoms with Crippen LogP contribution in [0.2, 0.25) is 0 Å². The van der Waals surface area contributed by atoms with Crippen LogP contribution in [-0.4, -0.2) is 11.6 Å². The zero-order chi connectivity index (χ0) is 19.9. The minimum atomic E-state index is 0.542. The van der Waals surface area contributed by atoms with Crippen molar-refractivity contribution in [2.24, 2.45) is 5.92 Å². The average Bonchev–Trinajstić information content (AvgIpc) is 3.17.